The number of rotatable bonds is 7. The summed E-state index contributed by atoms with van der Waals surface area (Å²) in [5, 5.41) is 3.70. The molecule has 226 valence electrons. The molecule has 1 amide bonds. The van der Waals surface area contributed by atoms with Crippen molar-refractivity contribution in [2.75, 3.05) is 29.6 Å². The Morgan fingerprint density at radius 1 is 1.09 bits per heavy atom. The first kappa shape index (κ1) is 30.2. The van der Waals surface area contributed by atoms with Crippen LogP contribution in [0.25, 0.3) is 10.9 Å². The third kappa shape index (κ3) is 6.42. The molecule has 1 aromatic carbocycles. The number of amides is 1. The molecule has 2 N–H and O–H groups in total. The summed E-state index contributed by atoms with van der Waals surface area (Å²) in [5.74, 6) is -0.403. The van der Waals surface area contributed by atoms with E-state index in [1.807, 2.05) is 36.9 Å². The monoisotopic (exact) mass is 625 g/mol. The molecular weight excluding hydrogens is 594 g/mol. The van der Waals surface area contributed by atoms with Crippen LogP contribution in [0.4, 0.5) is 11.6 Å². The summed E-state index contributed by atoms with van der Waals surface area (Å²) in [6.07, 6.45) is 4.12. The van der Waals surface area contributed by atoms with Crippen molar-refractivity contribution in [1.29, 1.82) is 0 Å². The molecule has 0 radical (unpaired) electrons. The van der Waals surface area contributed by atoms with E-state index in [0.717, 1.165) is 24.7 Å². The maximum Gasteiger partial charge on any atom is 0.285 e. The third-order valence-electron chi connectivity index (χ3n) is 7.52. The fourth-order valence-corrected chi connectivity index (χ4v) is 6.07. The second-order valence-electron chi connectivity index (χ2n) is 10.8. The second-order valence-corrected chi connectivity index (χ2v) is 12.9. The summed E-state index contributed by atoms with van der Waals surface area (Å²) >= 11 is 6.02. The lowest BCUT2D eigenvalue weighted by Gasteiger charge is -2.34. The summed E-state index contributed by atoms with van der Waals surface area (Å²) in [7, 11) is -2.14. The smallest absolute Gasteiger partial charge is 0.285 e. The molecule has 1 aliphatic heterocycles. The fraction of sp³-hybridized carbons (Fsp3) is 0.345. The van der Waals surface area contributed by atoms with Crippen LogP contribution in [0.1, 0.15) is 53.5 Å². The van der Waals surface area contributed by atoms with Crippen molar-refractivity contribution in [2.24, 2.45) is 7.05 Å². The van der Waals surface area contributed by atoms with Gasteiger partial charge in [-0.05, 0) is 56.5 Å². The van der Waals surface area contributed by atoms with E-state index in [1.165, 1.54) is 6.07 Å². The molecule has 4 heterocycles. The number of carbonyl (C=O) groups is 1. The van der Waals surface area contributed by atoms with E-state index in [2.05, 4.69) is 15.2 Å². The Balaban J connectivity index is 1.49. The number of sulfonamides is 1. The molecule has 1 aliphatic rings. The lowest BCUT2D eigenvalue weighted by atomic mass is 10.0. The molecule has 0 unspecified atom stereocenters. The maximum atomic E-state index is 13.6. The molecule has 5 rings (SSSR count). The van der Waals surface area contributed by atoms with Gasteiger partial charge < -0.3 is 14.8 Å². The lowest BCUT2D eigenvalue weighted by Crippen LogP contribution is -2.40. The van der Waals surface area contributed by atoms with Crippen LogP contribution in [0.2, 0.25) is 5.15 Å². The number of aromatic nitrogens is 4. The first-order chi connectivity index (χ1) is 20.3. The molecular formula is C29H32ClN7O5S. The van der Waals surface area contributed by atoms with Crippen molar-refractivity contribution >= 4 is 50.1 Å². The molecule has 4 aromatic rings. The van der Waals surface area contributed by atoms with Gasteiger partial charge in [-0.15, -0.1) is 0 Å². The SMILES string of the molecule is Cc1cc([C@@H](C)Nc2ccc(Cl)nc2C(=O)NS(C)(=O)=O)c2nc(N3CCC(n4ccccc4=O)CC3)n(C)c(=O)c2c1. The summed E-state index contributed by atoms with van der Waals surface area (Å²) < 4.78 is 28.6. The molecule has 0 aliphatic carbocycles. The van der Waals surface area contributed by atoms with Gasteiger partial charge in [0.25, 0.3) is 17.0 Å². The van der Waals surface area contributed by atoms with E-state index in [1.54, 1.807) is 40.4 Å². The topological polar surface area (TPSA) is 148 Å². The van der Waals surface area contributed by atoms with Crippen molar-refractivity contribution < 1.29 is 13.2 Å². The van der Waals surface area contributed by atoms with Crippen LogP contribution in [-0.2, 0) is 17.1 Å². The van der Waals surface area contributed by atoms with E-state index >= 15 is 0 Å². The van der Waals surface area contributed by atoms with E-state index in [0.29, 0.717) is 35.5 Å². The van der Waals surface area contributed by atoms with Crippen molar-refractivity contribution in [3.05, 3.63) is 91.3 Å². The highest BCUT2D eigenvalue weighted by atomic mass is 35.5. The van der Waals surface area contributed by atoms with Crippen molar-refractivity contribution in [3.8, 4) is 0 Å². The molecule has 0 bridgehead atoms. The number of aryl methyl sites for hydroxylation is 1. The molecule has 43 heavy (non-hydrogen) atoms. The highest BCUT2D eigenvalue weighted by molar-refractivity contribution is 7.89. The predicted molar refractivity (Wildman–Crippen MR) is 167 cm³/mol. The van der Waals surface area contributed by atoms with Gasteiger partial charge in [0.15, 0.2) is 5.69 Å². The molecule has 1 fully saturated rings. The van der Waals surface area contributed by atoms with Crippen LogP contribution in [0.3, 0.4) is 0 Å². The van der Waals surface area contributed by atoms with E-state index in [9.17, 15) is 22.8 Å². The Morgan fingerprint density at radius 3 is 2.49 bits per heavy atom. The van der Waals surface area contributed by atoms with Gasteiger partial charge in [-0.25, -0.2) is 23.1 Å². The van der Waals surface area contributed by atoms with Crippen LogP contribution in [0, 0.1) is 6.92 Å². The van der Waals surface area contributed by atoms with Gasteiger partial charge >= 0.3 is 0 Å². The molecule has 0 saturated carbocycles. The first-order valence-electron chi connectivity index (χ1n) is 13.7. The summed E-state index contributed by atoms with van der Waals surface area (Å²) in [5.41, 5.74) is 1.91. The molecule has 1 saturated heterocycles. The Hall–Kier alpha value is -4.23. The molecule has 12 nitrogen and oxygen atoms in total. The Labute approximate surface area is 253 Å². The predicted octanol–water partition coefficient (Wildman–Crippen LogP) is 3.16. The van der Waals surface area contributed by atoms with E-state index in [4.69, 9.17) is 16.6 Å². The Bertz CT molecular complexity index is 1950. The summed E-state index contributed by atoms with van der Waals surface area (Å²) in [6, 6.07) is 11.5. The lowest BCUT2D eigenvalue weighted by molar-refractivity contribution is 0.0977. The van der Waals surface area contributed by atoms with Crippen LogP contribution in [-0.4, -0.2) is 52.8 Å². The highest BCUT2D eigenvalue weighted by Gasteiger charge is 2.26. The van der Waals surface area contributed by atoms with Gasteiger partial charge in [-0.3, -0.25) is 19.0 Å². The van der Waals surface area contributed by atoms with Crippen molar-refractivity contribution in [1.82, 2.24) is 23.8 Å². The van der Waals surface area contributed by atoms with Crippen LogP contribution in [0.5, 0.6) is 0 Å². The number of hydrogen-bond acceptors (Lipinski definition) is 9. The molecule has 0 spiro atoms. The first-order valence-corrected chi connectivity index (χ1v) is 16.0. The summed E-state index contributed by atoms with van der Waals surface area (Å²) in [4.78, 5) is 49.8. The molecule has 1 atom stereocenters. The van der Waals surface area contributed by atoms with Crippen LogP contribution >= 0.6 is 11.6 Å². The third-order valence-corrected chi connectivity index (χ3v) is 8.28. The number of hydrogen-bond donors (Lipinski definition) is 2. The normalized spacial score (nSPS) is 15.0. The quantitative estimate of drug-likeness (QED) is 0.295. The van der Waals surface area contributed by atoms with Crippen molar-refractivity contribution in [2.45, 2.75) is 38.8 Å². The number of anilines is 2. The zero-order valence-electron chi connectivity index (χ0n) is 24.2. The van der Waals surface area contributed by atoms with Gasteiger partial charge in [0.05, 0.1) is 28.9 Å². The minimum absolute atomic E-state index is 0.0218. The van der Waals surface area contributed by atoms with Gasteiger partial charge in [-0.1, -0.05) is 23.7 Å². The Morgan fingerprint density at radius 2 is 1.81 bits per heavy atom. The standard InChI is InChI=1S/C29H32ClN7O5S/c1-17-15-20(18(2)31-22-8-9-23(30)32-26(22)27(39)34-43(4,41)42)25-21(16-17)28(40)35(3)29(33-25)36-13-10-19(11-14-36)37-12-6-5-7-24(37)38/h5-9,12,15-16,18-19,31H,10-11,13-14H2,1-4H3,(H,34,39)/t18-/m1/s1. The fourth-order valence-electron chi connectivity index (χ4n) is 5.49. The van der Waals surface area contributed by atoms with E-state index < -0.39 is 22.0 Å². The largest absolute Gasteiger partial charge is 0.377 e. The molecule has 3 aromatic heterocycles. The van der Waals surface area contributed by atoms with Gasteiger partial charge in [0, 0.05) is 44.0 Å². The van der Waals surface area contributed by atoms with E-state index in [-0.39, 0.29) is 33.7 Å². The minimum atomic E-state index is -3.84. The average molecular weight is 626 g/mol. The van der Waals surface area contributed by atoms with Crippen LogP contribution in [0.15, 0.2) is 58.3 Å². The Kier molecular flexibility index (Phi) is 8.30. The molecule has 14 heteroatoms. The number of piperidine rings is 1. The summed E-state index contributed by atoms with van der Waals surface area (Å²) in [6.45, 7) is 4.96. The number of nitrogens with zero attached hydrogens (tertiary/aromatic N) is 5. The minimum Gasteiger partial charge on any atom is -0.377 e. The number of pyridine rings is 2. The van der Waals surface area contributed by atoms with Gasteiger partial charge in [0.2, 0.25) is 16.0 Å². The van der Waals surface area contributed by atoms with Gasteiger partial charge in [0.1, 0.15) is 5.15 Å². The maximum absolute atomic E-state index is 13.6. The highest BCUT2D eigenvalue weighted by Crippen LogP contribution is 2.30. The zero-order chi connectivity index (χ0) is 31.1. The van der Waals surface area contributed by atoms with Gasteiger partial charge in [-0.2, -0.15) is 0 Å². The number of fused-ring (bicyclic) bond motifs is 1. The average Bonchev–Trinajstić information content (AvgIpc) is 2.95. The number of nitrogens with one attached hydrogen (secondary N) is 2. The number of halogens is 1. The van der Waals surface area contributed by atoms with Crippen LogP contribution < -0.4 is 26.1 Å². The number of benzene rings is 1. The zero-order valence-corrected chi connectivity index (χ0v) is 25.7. The number of carbonyl (C=O) groups excluding carboxylic acids is 1. The van der Waals surface area contributed by atoms with Crippen molar-refractivity contribution in [3.63, 3.8) is 0 Å². The second kappa shape index (κ2) is 11.8.